The molecule has 0 amide bonds. The first-order valence-corrected chi connectivity index (χ1v) is 7.63. The van der Waals surface area contributed by atoms with Crippen LogP contribution >= 0.6 is 11.6 Å². The molecule has 0 fully saturated rings. The molecule has 3 rings (SSSR count). The van der Waals surface area contributed by atoms with Gasteiger partial charge in [0.05, 0.1) is 18.9 Å². The Hall–Kier alpha value is -2.85. The minimum atomic E-state index is -0.491. The zero-order valence-electron chi connectivity index (χ0n) is 12.9. The van der Waals surface area contributed by atoms with Gasteiger partial charge in [-0.1, -0.05) is 41.9 Å². The van der Waals surface area contributed by atoms with Gasteiger partial charge in [0, 0.05) is 16.7 Å². The summed E-state index contributed by atoms with van der Waals surface area (Å²) in [6.07, 6.45) is 3.47. The average molecular weight is 340 g/mol. The SMILES string of the molecule is COc1ccc(Cl)cc1-c1cc(=O)oc(/C=C/c2ccccc2)n1. The van der Waals surface area contributed by atoms with Crippen LogP contribution in [0.25, 0.3) is 23.4 Å². The standard InChI is InChI=1S/C19H14ClNO3/c1-23-17-9-8-14(20)11-15(17)16-12-19(22)24-18(21-16)10-7-13-5-3-2-4-6-13/h2-12H,1H3/b10-7+. The predicted molar refractivity (Wildman–Crippen MR) is 95.1 cm³/mol. The van der Waals surface area contributed by atoms with Crippen molar-refractivity contribution in [3.63, 3.8) is 0 Å². The molecule has 0 spiro atoms. The minimum absolute atomic E-state index is 0.211. The number of nitrogens with zero attached hydrogens (tertiary/aromatic N) is 1. The van der Waals surface area contributed by atoms with Crippen molar-refractivity contribution in [2.75, 3.05) is 7.11 Å². The van der Waals surface area contributed by atoms with Gasteiger partial charge in [-0.05, 0) is 29.8 Å². The fourth-order valence-electron chi connectivity index (χ4n) is 2.24. The average Bonchev–Trinajstić information content (AvgIpc) is 2.60. The Morgan fingerprint density at radius 2 is 1.88 bits per heavy atom. The number of hydrogen-bond acceptors (Lipinski definition) is 4. The van der Waals surface area contributed by atoms with Crippen LogP contribution in [0.15, 0.2) is 63.8 Å². The second-order valence-electron chi connectivity index (χ2n) is 4.99. The van der Waals surface area contributed by atoms with Crippen molar-refractivity contribution >= 4 is 23.8 Å². The molecule has 0 N–H and O–H groups in total. The molecular formula is C19H14ClNO3. The highest BCUT2D eigenvalue weighted by molar-refractivity contribution is 6.30. The Bertz CT molecular complexity index is 933. The van der Waals surface area contributed by atoms with Crippen molar-refractivity contribution in [2.24, 2.45) is 0 Å². The molecule has 24 heavy (non-hydrogen) atoms. The zero-order chi connectivity index (χ0) is 16.9. The van der Waals surface area contributed by atoms with Crippen LogP contribution in [-0.2, 0) is 0 Å². The third kappa shape index (κ3) is 3.73. The molecule has 0 aliphatic heterocycles. The van der Waals surface area contributed by atoms with Gasteiger partial charge in [-0.2, -0.15) is 0 Å². The van der Waals surface area contributed by atoms with E-state index in [2.05, 4.69) is 4.98 Å². The van der Waals surface area contributed by atoms with Crippen LogP contribution in [0, 0.1) is 0 Å². The van der Waals surface area contributed by atoms with Gasteiger partial charge in [0.1, 0.15) is 5.75 Å². The number of rotatable bonds is 4. The highest BCUT2D eigenvalue weighted by atomic mass is 35.5. The topological polar surface area (TPSA) is 52.3 Å². The lowest BCUT2D eigenvalue weighted by molar-refractivity contribution is 0.416. The van der Waals surface area contributed by atoms with E-state index in [0.29, 0.717) is 22.0 Å². The van der Waals surface area contributed by atoms with E-state index < -0.39 is 5.63 Å². The van der Waals surface area contributed by atoms with Crippen molar-refractivity contribution in [3.05, 3.63) is 81.5 Å². The summed E-state index contributed by atoms with van der Waals surface area (Å²) in [5.41, 5.74) is 1.56. The quantitative estimate of drug-likeness (QED) is 0.700. The normalized spacial score (nSPS) is 10.9. The summed E-state index contributed by atoms with van der Waals surface area (Å²) in [6, 6.07) is 16.1. The van der Waals surface area contributed by atoms with Gasteiger partial charge in [-0.15, -0.1) is 0 Å². The molecule has 0 aliphatic rings. The second kappa shape index (κ2) is 7.15. The molecular weight excluding hydrogens is 326 g/mol. The van der Waals surface area contributed by atoms with Crippen molar-refractivity contribution in [1.82, 2.24) is 4.98 Å². The van der Waals surface area contributed by atoms with E-state index in [9.17, 15) is 4.79 Å². The highest BCUT2D eigenvalue weighted by Gasteiger charge is 2.11. The fourth-order valence-corrected chi connectivity index (χ4v) is 2.41. The third-order valence-corrected chi connectivity index (χ3v) is 3.58. The Balaban J connectivity index is 2.03. The number of ether oxygens (including phenoxy) is 1. The summed E-state index contributed by atoms with van der Waals surface area (Å²) in [5, 5.41) is 0.530. The first-order chi connectivity index (χ1) is 11.7. The van der Waals surface area contributed by atoms with Gasteiger partial charge in [-0.25, -0.2) is 9.78 Å². The van der Waals surface area contributed by atoms with Gasteiger partial charge in [0.25, 0.3) is 0 Å². The summed E-state index contributed by atoms with van der Waals surface area (Å²) in [5.74, 6) is 0.791. The monoisotopic (exact) mass is 339 g/mol. The third-order valence-electron chi connectivity index (χ3n) is 3.35. The molecule has 120 valence electrons. The van der Waals surface area contributed by atoms with E-state index >= 15 is 0 Å². The maximum absolute atomic E-state index is 11.9. The molecule has 5 heteroatoms. The maximum atomic E-state index is 11.9. The Labute approximate surface area is 144 Å². The Morgan fingerprint density at radius 1 is 1.08 bits per heavy atom. The van der Waals surface area contributed by atoms with Crippen LogP contribution in [-0.4, -0.2) is 12.1 Å². The first kappa shape index (κ1) is 16.0. The van der Waals surface area contributed by atoms with E-state index in [1.807, 2.05) is 36.4 Å². The second-order valence-corrected chi connectivity index (χ2v) is 5.43. The van der Waals surface area contributed by atoms with Crippen molar-refractivity contribution < 1.29 is 9.15 Å². The zero-order valence-corrected chi connectivity index (χ0v) is 13.7. The molecule has 0 radical (unpaired) electrons. The van der Waals surface area contributed by atoms with E-state index in [1.54, 1.807) is 31.4 Å². The van der Waals surface area contributed by atoms with Gasteiger partial charge in [0.2, 0.25) is 5.89 Å². The van der Waals surface area contributed by atoms with Crippen LogP contribution in [0.3, 0.4) is 0 Å². The predicted octanol–water partition coefficient (Wildman–Crippen LogP) is 4.53. The summed E-state index contributed by atoms with van der Waals surface area (Å²) in [4.78, 5) is 16.2. The van der Waals surface area contributed by atoms with Gasteiger partial charge in [-0.3, -0.25) is 0 Å². The van der Waals surface area contributed by atoms with E-state index in [1.165, 1.54) is 6.07 Å². The number of hydrogen-bond donors (Lipinski definition) is 0. The van der Waals surface area contributed by atoms with Crippen LogP contribution in [0.2, 0.25) is 5.02 Å². The first-order valence-electron chi connectivity index (χ1n) is 7.25. The van der Waals surface area contributed by atoms with Gasteiger partial charge in [0.15, 0.2) is 0 Å². The van der Waals surface area contributed by atoms with E-state index in [-0.39, 0.29) is 5.89 Å². The Kier molecular flexibility index (Phi) is 4.77. The molecule has 3 aromatic rings. The van der Waals surface area contributed by atoms with Crippen molar-refractivity contribution in [3.8, 4) is 17.0 Å². The summed E-state index contributed by atoms with van der Waals surface area (Å²) < 4.78 is 10.5. The lowest BCUT2D eigenvalue weighted by Crippen LogP contribution is -2.02. The molecule has 2 aromatic carbocycles. The van der Waals surface area contributed by atoms with Crippen LogP contribution in [0.4, 0.5) is 0 Å². The Morgan fingerprint density at radius 3 is 2.62 bits per heavy atom. The molecule has 0 unspecified atom stereocenters. The fraction of sp³-hybridized carbons (Fsp3) is 0.0526. The molecule has 0 saturated heterocycles. The van der Waals surface area contributed by atoms with E-state index in [0.717, 1.165) is 5.56 Å². The number of benzene rings is 2. The number of aromatic nitrogens is 1. The molecule has 0 aliphatic carbocycles. The summed E-state index contributed by atoms with van der Waals surface area (Å²) >= 11 is 6.05. The molecule has 0 saturated carbocycles. The largest absolute Gasteiger partial charge is 0.496 e. The number of methoxy groups -OCH3 is 1. The van der Waals surface area contributed by atoms with Crippen LogP contribution < -0.4 is 10.4 Å². The molecule has 1 heterocycles. The van der Waals surface area contributed by atoms with Crippen molar-refractivity contribution in [2.45, 2.75) is 0 Å². The van der Waals surface area contributed by atoms with Crippen molar-refractivity contribution in [1.29, 1.82) is 0 Å². The molecule has 4 nitrogen and oxygen atoms in total. The lowest BCUT2D eigenvalue weighted by atomic mass is 10.1. The summed E-state index contributed by atoms with van der Waals surface area (Å²) in [6.45, 7) is 0. The number of halogens is 1. The molecule has 1 aromatic heterocycles. The van der Waals surface area contributed by atoms with E-state index in [4.69, 9.17) is 20.8 Å². The lowest BCUT2D eigenvalue weighted by Gasteiger charge is -2.08. The highest BCUT2D eigenvalue weighted by Crippen LogP contribution is 2.30. The minimum Gasteiger partial charge on any atom is -0.496 e. The molecule has 0 bridgehead atoms. The van der Waals surface area contributed by atoms with Crippen LogP contribution in [0.5, 0.6) is 5.75 Å². The van der Waals surface area contributed by atoms with Gasteiger partial charge < -0.3 is 9.15 Å². The van der Waals surface area contributed by atoms with Crippen LogP contribution in [0.1, 0.15) is 11.5 Å². The van der Waals surface area contributed by atoms with Gasteiger partial charge >= 0.3 is 5.63 Å². The smallest absolute Gasteiger partial charge is 0.339 e. The maximum Gasteiger partial charge on any atom is 0.339 e. The molecule has 0 atom stereocenters. The summed E-state index contributed by atoms with van der Waals surface area (Å²) in [7, 11) is 1.55.